The summed E-state index contributed by atoms with van der Waals surface area (Å²) in [6.45, 7) is 1.04. The molecule has 0 aromatic carbocycles. The van der Waals surface area contributed by atoms with Gasteiger partial charge in [-0.15, -0.1) is 12.4 Å². The van der Waals surface area contributed by atoms with Gasteiger partial charge in [0, 0.05) is 6.04 Å². The molecular weight excluding hydrogens is 178 g/mol. The Hall–Kier alpha value is -0.280. The molecule has 3 rings (SSSR count). The maximum absolute atomic E-state index is 10.7. The number of hydrogen-bond donors (Lipinski definition) is 2. The molecular formula is C8H14ClNO2. The SMILES string of the molecule is Cl.O=C(O)C1CC2CCC1NC2. The van der Waals surface area contributed by atoms with Crippen LogP contribution in [0.15, 0.2) is 0 Å². The first-order chi connectivity index (χ1) is 5.27. The first-order valence-corrected chi connectivity index (χ1v) is 4.23. The van der Waals surface area contributed by atoms with Crippen molar-refractivity contribution in [1.82, 2.24) is 5.32 Å². The van der Waals surface area contributed by atoms with Crippen LogP contribution in [0.1, 0.15) is 19.3 Å². The molecule has 0 spiro atoms. The second kappa shape index (κ2) is 3.62. The van der Waals surface area contributed by atoms with Crippen molar-refractivity contribution < 1.29 is 9.90 Å². The number of carbonyl (C=O) groups is 1. The Kier molecular flexibility index (Phi) is 2.96. The first kappa shape index (κ1) is 9.81. The van der Waals surface area contributed by atoms with Crippen LogP contribution in [-0.4, -0.2) is 23.7 Å². The Morgan fingerprint density at radius 3 is 2.42 bits per heavy atom. The molecule has 0 aromatic heterocycles. The highest BCUT2D eigenvalue weighted by Gasteiger charge is 2.38. The molecule has 2 bridgehead atoms. The summed E-state index contributed by atoms with van der Waals surface area (Å²) < 4.78 is 0. The molecule has 2 N–H and O–H groups in total. The Morgan fingerprint density at radius 1 is 1.42 bits per heavy atom. The topological polar surface area (TPSA) is 49.3 Å². The lowest BCUT2D eigenvalue weighted by Gasteiger charge is -2.41. The lowest BCUT2D eigenvalue weighted by molar-refractivity contribution is -0.145. The molecule has 1 aliphatic carbocycles. The van der Waals surface area contributed by atoms with Crippen LogP contribution in [0, 0.1) is 11.8 Å². The zero-order valence-electron chi connectivity index (χ0n) is 6.82. The number of nitrogens with one attached hydrogen (secondary N) is 1. The number of aliphatic carboxylic acids is 1. The van der Waals surface area contributed by atoms with Gasteiger partial charge in [-0.25, -0.2) is 0 Å². The van der Waals surface area contributed by atoms with Crippen LogP contribution in [0.2, 0.25) is 0 Å². The Morgan fingerprint density at radius 2 is 2.17 bits per heavy atom. The van der Waals surface area contributed by atoms with Crippen molar-refractivity contribution in [2.45, 2.75) is 25.3 Å². The minimum Gasteiger partial charge on any atom is -0.481 e. The van der Waals surface area contributed by atoms with Gasteiger partial charge in [-0.1, -0.05) is 0 Å². The van der Waals surface area contributed by atoms with Crippen LogP contribution < -0.4 is 5.32 Å². The number of carboxylic acids is 1. The third-order valence-corrected chi connectivity index (χ3v) is 2.94. The van der Waals surface area contributed by atoms with Crippen molar-refractivity contribution >= 4 is 18.4 Å². The number of halogens is 1. The summed E-state index contributed by atoms with van der Waals surface area (Å²) in [5, 5.41) is 12.1. The van der Waals surface area contributed by atoms with E-state index in [1.807, 2.05) is 0 Å². The maximum Gasteiger partial charge on any atom is 0.308 e. The summed E-state index contributed by atoms with van der Waals surface area (Å²) in [6.07, 6.45) is 3.18. The molecule has 2 heterocycles. The average molecular weight is 192 g/mol. The smallest absolute Gasteiger partial charge is 0.308 e. The third-order valence-electron chi connectivity index (χ3n) is 2.94. The van der Waals surface area contributed by atoms with Gasteiger partial charge in [0.2, 0.25) is 0 Å². The number of hydrogen-bond acceptors (Lipinski definition) is 2. The van der Waals surface area contributed by atoms with Gasteiger partial charge in [-0.3, -0.25) is 4.79 Å². The first-order valence-electron chi connectivity index (χ1n) is 4.23. The van der Waals surface area contributed by atoms with E-state index in [1.165, 1.54) is 6.42 Å². The van der Waals surface area contributed by atoms with Gasteiger partial charge >= 0.3 is 5.97 Å². The molecule has 3 unspecified atom stereocenters. The second-order valence-electron chi connectivity index (χ2n) is 3.64. The van der Waals surface area contributed by atoms with Gasteiger partial charge in [0.15, 0.2) is 0 Å². The number of fused-ring (bicyclic) bond motifs is 3. The monoisotopic (exact) mass is 191 g/mol. The van der Waals surface area contributed by atoms with Crippen LogP contribution >= 0.6 is 12.4 Å². The minimum atomic E-state index is -0.619. The van der Waals surface area contributed by atoms with E-state index in [2.05, 4.69) is 5.32 Å². The fourth-order valence-corrected chi connectivity index (χ4v) is 2.28. The van der Waals surface area contributed by atoms with Crippen molar-refractivity contribution in [3.8, 4) is 0 Å². The van der Waals surface area contributed by atoms with Crippen molar-refractivity contribution in [3.05, 3.63) is 0 Å². The molecule has 0 amide bonds. The fourth-order valence-electron chi connectivity index (χ4n) is 2.28. The van der Waals surface area contributed by atoms with Crippen LogP contribution in [0.25, 0.3) is 0 Å². The van der Waals surface area contributed by atoms with E-state index in [0.717, 1.165) is 19.4 Å². The summed E-state index contributed by atoms with van der Waals surface area (Å²) in [6, 6.07) is 0.262. The Bertz CT molecular complexity index is 178. The standard InChI is InChI=1S/C8H13NO2.ClH/c10-8(11)6-3-5-1-2-7(6)9-4-5;/h5-7,9H,1-4H2,(H,10,11);1H. The number of piperidine rings is 2. The van der Waals surface area contributed by atoms with Crippen LogP contribution in [0.3, 0.4) is 0 Å². The molecule has 70 valence electrons. The second-order valence-corrected chi connectivity index (χ2v) is 3.64. The average Bonchev–Trinajstić information content (AvgIpc) is 2.06. The van der Waals surface area contributed by atoms with Crippen LogP contribution in [-0.2, 0) is 4.79 Å². The molecule has 2 aliphatic heterocycles. The zero-order valence-corrected chi connectivity index (χ0v) is 7.64. The van der Waals surface area contributed by atoms with E-state index in [4.69, 9.17) is 5.11 Å². The van der Waals surface area contributed by atoms with E-state index in [9.17, 15) is 4.79 Å². The molecule has 1 saturated carbocycles. The number of rotatable bonds is 1. The van der Waals surface area contributed by atoms with E-state index < -0.39 is 5.97 Å². The Labute approximate surface area is 77.9 Å². The van der Waals surface area contributed by atoms with Crippen molar-refractivity contribution in [2.75, 3.05) is 6.54 Å². The van der Waals surface area contributed by atoms with Crippen LogP contribution in [0.5, 0.6) is 0 Å². The highest BCUT2D eigenvalue weighted by molar-refractivity contribution is 5.85. The summed E-state index contributed by atoms with van der Waals surface area (Å²) >= 11 is 0. The van der Waals surface area contributed by atoms with Gasteiger partial charge in [0.05, 0.1) is 5.92 Å². The van der Waals surface area contributed by atoms with Crippen molar-refractivity contribution in [2.24, 2.45) is 11.8 Å². The lowest BCUT2D eigenvalue weighted by atomic mass is 9.74. The molecule has 0 aromatic rings. The fraction of sp³-hybridized carbons (Fsp3) is 0.875. The summed E-state index contributed by atoms with van der Waals surface area (Å²) in [5.74, 6) is -0.101. The van der Waals surface area contributed by atoms with Crippen molar-refractivity contribution in [1.29, 1.82) is 0 Å². The van der Waals surface area contributed by atoms with Crippen LogP contribution in [0.4, 0.5) is 0 Å². The predicted molar refractivity (Wildman–Crippen MR) is 47.5 cm³/mol. The molecule has 3 aliphatic rings. The minimum absolute atomic E-state index is 0. The van der Waals surface area contributed by atoms with Gasteiger partial charge in [0.25, 0.3) is 0 Å². The van der Waals surface area contributed by atoms with Gasteiger partial charge < -0.3 is 10.4 Å². The largest absolute Gasteiger partial charge is 0.481 e. The van der Waals surface area contributed by atoms with E-state index in [1.54, 1.807) is 0 Å². The highest BCUT2D eigenvalue weighted by Crippen LogP contribution is 2.33. The van der Waals surface area contributed by atoms with E-state index in [0.29, 0.717) is 5.92 Å². The summed E-state index contributed by atoms with van der Waals surface area (Å²) in [7, 11) is 0. The lowest BCUT2D eigenvalue weighted by Crippen LogP contribution is -2.52. The highest BCUT2D eigenvalue weighted by atomic mass is 35.5. The van der Waals surface area contributed by atoms with Gasteiger partial charge in [-0.2, -0.15) is 0 Å². The third kappa shape index (κ3) is 1.57. The van der Waals surface area contributed by atoms with Gasteiger partial charge in [-0.05, 0) is 31.7 Å². The van der Waals surface area contributed by atoms with Gasteiger partial charge in [0.1, 0.15) is 0 Å². The van der Waals surface area contributed by atoms with Crippen molar-refractivity contribution in [3.63, 3.8) is 0 Å². The molecule has 3 nitrogen and oxygen atoms in total. The zero-order chi connectivity index (χ0) is 7.84. The molecule has 3 fully saturated rings. The van der Waals surface area contributed by atoms with E-state index in [-0.39, 0.29) is 24.4 Å². The molecule has 3 atom stereocenters. The normalized spacial score (nSPS) is 38.8. The molecule has 2 saturated heterocycles. The summed E-state index contributed by atoms with van der Waals surface area (Å²) in [4.78, 5) is 10.7. The molecule has 12 heavy (non-hydrogen) atoms. The molecule has 4 heteroatoms. The quantitative estimate of drug-likeness (QED) is 0.647. The maximum atomic E-state index is 10.7. The number of carboxylic acid groups (broad SMARTS) is 1. The Balaban J connectivity index is 0.000000720. The molecule has 0 radical (unpaired) electrons. The summed E-state index contributed by atoms with van der Waals surface area (Å²) in [5.41, 5.74) is 0. The predicted octanol–water partition coefficient (Wildman–Crippen LogP) is 0.881. The van der Waals surface area contributed by atoms with E-state index >= 15 is 0 Å².